The lowest BCUT2D eigenvalue weighted by molar-refractivity contribution is -0.274. The maximum atomic E-state index is 12.3. The Hall–Kier alpha value is -3.80. The molecular formula is C22H20F3N3O5S. The van der Waals surface area contributed by atoms with Gasteiger partial charge in [-0.3, -0.25) is 9.59 Å². The van der Waals surface area contributed by atoms with Gasteiger partial charge in [-0.25, -0.2) is 4.98 Å². The minimum absolute atomic E-state index is 0.0942. The van der Waals surface area contributed by atoms with Crippen LogP contribution >= 0.6 is 11.3 Å². The summed E-state index contributed by atoms with van der Waals surface area (Å²) >= 11 is 1.22. The molecule has 0 aliphatic rings. The second-order valence-electron chi connectivity index (χ2n) is 6.74. The molecule has 180 valence electrons. The number of thiazole rings is 1. The molecule has 0 unspecified atom stereocenters. The first kappa shape index (κ1) is 24.8. The largest absolute Gasteiger partial charge is 0.573 e. The predicted molar refractivity (Wildman–Crippen MR) is 117 cm³/mol. The minimum Gasteiger partial charge on any atom is -0.497 e. The van der Waals surface area contributed by atoms with E-state index in [4.69, 9.17) is 9.47 Å². The molecule has 1 aromatic heterocycles. The molecule has 0 aliphatic heterocycles. The number of carbonyl (C=O) groups excluding carboxylic acids is 2. The fourth-order valence-corrected chi connectivity index (χ4v) is 3.34. The number of methoxy groups -OCH3 is 1. The first-order chi connectivity index (χ1) is 16.2. The van der Waals surface area contributed by atoms with Crippen LogP contribution in [0.5, 0.6) is 17.2 Å². The van der Waals surface area contributed by atoms with Crippen molar-refractivity contribution in [2.24, 2.45) is 0 Å². The Balaban J connectivity index is 1.39. The highest BCUT2D eigenvalue weighted by Crippen LogP contribution is 2.24. The molecule has 12 heteroatoms. The van der Waals surface area contributed by atoms with Gasteiger partial charge in [0.25, 0.3) is 11.8 Å². The van der Waals surface area contributed by atoms with Crippen molar-refractivity contribution in [2.75, 3.05) is 13.7 Å². The smallest absolute Gasteiger partial charge is 0.497 e. The summed E-state index contributed by atoms with van der Waals surface area (Å²) in [6, 6.07) is 12.0. The molecule has 0 saturated carbocycles. The van der Waals surface area contributed by atoms with E-state index >= 15 is 0 Å². The van der Waals surface area contributed by atoms with Crippen molar-refractivity contribution in [3.63, 3.8) is 0 Å². The van der Waals surface area contributed by atoms with Gasteiger partial charge < -0.3 is 24.8 Å². The maximum Gasteiger partial charge on any atom is 0.573 e. The highest BCUT2D eigenvalue weighted by Gasteiger charge is 2.31. The average Bonchev–Trinajstić information content (AvgIpc) is 3.29. The van der Waals surface area contributed by atoms with Gasteiger partial charge in [0.1, 0.15) is 28.0 Å². The third-order valence-corrected chi connectivity index (χ3v) is 5.11. The third-order valence-electron chi connectivity index (χ3n) is 4.26. The predicted octanol–water partition coefficient (Wildman–Crippen LogP) is 3.68. The standard InChI is InChI=1S/C22H20F3N3O5S/c1-31-15-4-2-14(3-5-15)10-27-21(30)18-13-34-20(28-18)11-26-19(29)12-32-16-6-8-17(9-7-16)33-22(23,24)25/h2-9,13H,10-12H2,1H3,(H,26,29)(H,27,30). The Labute approximate surface area is 196 Å². The number of ether oxygens (including phenoxy) is 3. The average molecular weight is 495 g/mol. The first-order valence-corrected chi connectivity index (χ1v) is 10.7. The minimum atomic E-state index is -4.78. The van der Waals surface area contributed by atoms with E-state index in [1.54, 1.807) is 24.6 Å². The summed E-state index contributed by atoms with van der Waals surface area (Å²) in [6.45, 7) is 0.0735. The van der Waals surface area contributed by atoms with Crippen LogP contribution in [0.4, 0.5) is 13.2 Å². The Kier molecular flexibility index (Phi) is 8.30. The molecule has 0 spiro atoms. The van der Waals surface area contributed by atoms with Crippen LogP contribution in [0, 0.1) is 0 Å². The van der Waals surface area contributed by atoms with Crippen LogP contribution in [0.25, 0.3) is 0 Å². The van der Waals surface area contributed by atoms with Crippen LogP contribution in [0.1, 0.15) is 21.1 Å². The van der Waals surface area contributed by atoms with Crippen LogP contribution in [-0.4, -0.2) is 36.9 Å². The van der Waals surface area contributed by atoms with Crippen molar-refractivity contribution in [3.8, 4) is 17.2 Å². The van der Waals surface area contributed by atoms with Crippen molar-refractivity contribution >= 4 is 23.2 Å². The summed E-state index contributed by atoms with van der Waals surface area (Å²) in [5.41, 5.74) is 1.14. The highest BCUT2D eigenvalue weighted by molar-refractivity contribution is 7.09. The summed E-state index contributed by atoms with van der Waals surface area (Å²) in [6.07, 6.45) is -4.78. The maximum absolute atomic E-state index is 12.3. The second kappa shape index (κ2) is 11.4. The molecule has 0 radical (unpaired) electrons. The van der Waals surface area contributed by atoms with E-state index in [2.05, 4.69) is 20.4 Å². The molecular weight excluding hydrogens is 475 g/mol. The molecule has 0 atom stereocenters. The zero-order chi connectivity index (χ0) is 24.6. The van der Waals surface area contributed by atoms with E-state index < -0.39 is 18.0 Å². The molecule has 3 aromatic rings. The van der Waals surface area contributed by atoms with Crippen LogP contribution < -0.4 is 24.8 Å². The molecule has 1 heterocycles. The molecule has 0 aliphatic carbocycles. The fraction of sp³-hybridized carbons (Fsp3) is 0.227. The monoisotopic (exact) mass is 495 g/mol. The van der Waals surface area contributed by atoms with Gasteiger partial charge in [-0.2, -0.15) is 0 Å². The SMILES string of the molecule is COc1ccc(CNC(=O)c2csc(CNC(=O)COc3ccc(OC(F)(F)F)cc3)n2)cc1. The molecule has 0 fully saturated rings. The van der Waals surface area contributed by atoms with E-state index in [9.17, 15) is 22.8 Å². The number of hydrogen-bond acceptors (Lipinski definition) is 7. The number of halogens is 3. The Morgan fingerprint density at radius 1 is 0.941 bits per heavy atom. The van der Waals surface area contributed by atoms with Gasteiger partial charge >= 0.3 is 6.36 Å². The van der Waals surface area contributed by atoms with E-state index in [-0.39, 0.29) is 30.5 Å². The number of aromatic nitrogens is 1. The van der Waals surface area contributed by atoms with Crippen LogP contribution in [-0.2, 0) is 17.9 Å². The molecule has 2 amide bonds. The number of carbonyl (C=O) groups is 2. The molecule has 0 bridgehead atoms. The van der Waals surface area contributed by atoms with Gasteiger partial charge in [0.2, 0.25) is 0 Å². The van der Waals surface area contributed by atoms with E-state index in [0.29, 0.717) is 11.6 Å². The van der Waals surface area contributed by atoms with Crippen molar-refractivity contribution in [1.82, 2.24) is 15.6 Å². The lowest BCUT2D eigenvalue weighted by Crippen LogP contribution is -2.28. The number of alkyl halides is 3. The molecule has 2 aromatic carbocycles. The van der Waals surface area contributed by atoms with Gasteiger partial charge in [0.05, 0.1) is 13.7 Å². The van der Waals surface area contributed by atoms with Gasteiger partial charge in [-0.05, 0) is 42.0 Å². The quantitative estimate of drug-likeness (QED) is 0.445. The van der Waals surface area contributed by atoms with Gasteiger partial charge in [-0.15, -0.1) is 24.5 Å². The van der Waals surface area contributed by atoms with E-state index in [1.807, 2.05) is 12.1 Å². The van der Waals surface area contributed by atoms with Crippen LogP contribution in [0.2, 0.25) is 0 Å². The Bertz CT molecular complexity index is 1100. The zero-order valence-corrected chi connectivity index (χ0v) is 18.7. The van der Waals surface area contributed by atoms with E-state index in [0.717, 1.165) is 23.4 Å². The summed E-state index contributed by atoms with van der Waals surface area (Å²) < 4.78 is 50.6. The number of nitrogens with zero attached hydrogens (tertiary/aromatic N) is 1. The van der Waals surface area contributed by atoms with Crippen molar-refractivity contribution in [1.29, 1.82) is 0 Å². The number of benzene rings is 2. The molecule has 2 N–H and O–H groups in total. The van der Waals surface area contributed by atoms with Crippen LogP contribution in [0.3, 0.4) is 0 Å². The number of nitrogens with one attached hydrogen (secondary N) is 2. The van der Waals surface area contributed by atoms with Gasteiger partial charge in [0, 0.05) is 11.9 Å². The summed E-state index contributed by atoms with van der Waals surface area (Å²) in [5.74, 6) is -0.269. The number of hydrogen-bond donors (Lipinski definition) is 2. The summed E-state index contributed by atoms with van der Waals surface area (Å²) in [5, 5.41) is 7.48. The van der Waals surface area contributed by atoms with Crippen LogP contribution in [0.15, 0.2) is 53.9 Å². The number of amides is 2. The highest BCUT2D eigenvalue weighted by atomic mass is 32.1. The molecule has 8 nitrogen and oxygen atoms in total. The lowest BCUT2D eigenvalue weighted by Gasteiger charge is -2.10. The molecule has 34 heavy (non-hydrogen) atoms. The lowest BCUT2D eigenvalue weighted by atomic mass is 10.2. The Morgan fingerprint density at radius 3 is 2.24 bits per heavy atom. The van der Waals surface area contributed by atoms with Gasteiger partial charge in [-0.1, -0.05) is 12.1 Å². The summed E-state index contributed by atoms with van der Waals surface area (Å²) in [7, 11) is 1.57. The third kappa shape index (κ3) is 7.96. The second-order valence-corrected chi connectivity index (χ2v) is 7.68. The summed E-state index contributed by atoms with van der Waals surface area (Å²) in [4.78, 5) is 28.5. The first-order valence-electron chi connectivity index (χ1n) is 9.82. The number of rotatable bonds is 10. The molecule has 0 saturated heterocycles. The molecule has 3 rings (SSSR count). The van der Waals surface area contributed by atoms with Crippen molar-refractivity contribution in [2.45, 2.75) is 19.5 Å². The van der Waals surface area contributed by atoms with Crippen molar-refractivity contribution < 1.29 is 37.0 Å². The van der Waals surface area contributed by atoms with Crippen molar-refractivity contribution in [3.05, 3.63) is 70.2 Å². The van der Waals surface area contributed by atoms with E-state index in [1.165, 1.54) is 23.5 Å². The topological polar surface area (TPSA) is 98.8 Å². The normalized spacial score (nSPS) is 10.9. The fourth-order valence-electron chi connectivity index (χ4n) is 2.62. The Morgan fingerprint density at radius 2 is 1.59 bits per heavy atom. The van der Waals surface area contributed by atoms with Gasteiger partial charge in [0.15, 0.2) is 6.61 Å². The zero-order valence-electron chi connectivity index (χ0n) is 17.8.